The smallest absolute Gasteiger partial charge is 0.337 e. The van der Waals surface area contributed by atoms with Crippen LogP contribution in [0.3, 0.4) is 0 Å². The van der Waals surface area contributed by atoms with Crippen LogP contribution < -0.4 is 5.32 Å². The lowest BCUT2D eigenvalue weighted by atomic mass is 10.1. The molecule has 0 aliphatic carbocycles. The Morgan fingerprint density at radius 1 is 1.08 bits per heavy atom. The topological polar surface area (TPSA) is 74.6 Å². The molecule has 0 aliphatic rings. The van der Waals surface area contributed by atoms with Crippen molar-refractivity contribution in [2.24, 2.45) is 4.99 Å². The van der Waals surface area contributed by atoms with Crippen molar-refractivity contribution < 1.29 is 9.90 Å². The van der Waals surface area contributed by atoms with E-state index in [2.05, 4.69) is 15.3 Å². The fraction of sp³-hybridized carbons (Fsp3) is 0. The quantitative estimate of drug-likeness (QED) is 0.443. The number of para-hydroxylation sites is 1. The number of benzene rings is 2. The van der Waals surface area contributed by atoms with Crippen LogP contribution in [0.15, 0.2) is 65.8 Å². The maximum atomic E-state index is 11.4. The fourth-order valence-corrected chi connectivity index (χ4v) is 2.53. The minimum Gasteiger partial charge on any atom is -0.478 e. The normalized spacial score (nSPS) is 10.8. The summed E-state index contributed by atoms with van der Waals surface area (Å²) in [6.07, 6.45) is 3.23. The van der Waals surface area contributed by atoms with Gasteiger partial charge in [0, 0.05) is 23.0 Å². The van der Waals surface area contributed by atoms with Crippen molar-refractivity contribution in [3.05, 3.63) is 82.1 Å². The van der Waals surface area contributed by atoms with Crippen LogP contribution >= 0.6 is 23.2 Å². The molecular weight excluding hydrogens is 373 g/mol. The molecular formula is C19H13Cl2N3O2. The second-order valence-corrected chi connectivity index (χ2v) is 6.13. The van der Waals surface area contributed by atoms with Gasteiger partial charge < -0.3 is 10.4 Å². The zero-order valence-corrected chi connectivity index (χ0v) is 14.9. The highest BCUT2D eigenvalue weighted by molar-refractivity contribution is 6.31. The number of hydrogen-bond donors (Lipinski definition) is 2. The molecule has 2 aromatic carbocycles. The van der Waals surface area contributed by atoms with E-state index in [1.165, 1.54) is 6.07 Å². The van der Waals surface area contributed by atoms with E-state index in [1.54, 1.807) is 60.9 Å². The van der Waals surface area contributed by atoms with Crippen LogP contribution in [0.1, 0.15) is 15.9 Å². The maximum Gasteiger partial charge on any atom is 0.337 e. The third-order valence-corrected chi connectivity index (χ3v) is 3.95. The van der Waals surface area contributed by atoms with Crippen LogP contribution in [0.25, 0.3) is 0 Å². The van der Waals surface area contributed by atoms with Crippen LogP contribution in [-0.2, 0) is 0 Å². The van der Waals surface area contributed by atoms with Gasteiger partial charge in [0.1, 0.15) is 5.15 Å². The van der Waals surface area contributed by atoms with Gasteiger partial charge in [-0.3, -0.25) is 4.99 Å². The molecule has 1 heterocycles. The molecule has 0 atom stereocenters. The Labute approximate surface area is 160 Å². The zero-order valence-electron chi connectivity index (χ0n) is 13.4. The molecule has 0 spiro atoms. The fourth-order valence-electron chi connectivity index (χ4n) is 2.25. The van der Waals surface area contributed by atoms with Crippen molar-refractivity contribution in [2.45, 2.75) is 0 Å². The summed E-state index contributed by atoms with van der Waals surface area (Å²) in [6.45, 7) is 0. The van der Waals surface area contributed by atoms with Crippen molar-refractivity contribution in [1.29, 1.82) is 0 Å². The van der Waals surface area contributed by atoms with Crippen LogP contribution in [0.2, 0.25) is 10.2 Å². The van der Waals surface area contributed by atoms with Gasteiger partial charge in [-0.1, -0.05) is 35.3 Å². The third-order valence-electron chi connectivity index (χ3n) is 3.49. The Morgan fingerprint density at radius 3 is 2.62 bits per heavy atom. The first-order chi connectivity index (χ1) is 12.5. The van der Waals surface area contributed by atoms with Gasteiger partial charge in [-0.05, 0) is 42.5 Å². The summed E-state index contributed by atoms with van der Waals surface area (Å²) >= 11 is 11.9. The lowest BCUT2D eigenvalue weighted by molar-refractivity contribution is 0.0698. The molecule has 0 radical (unpaired) electrons. The second-order valence-electron chi connectivity index (χ2n) is 5.31. The van der Waals surface area contributed by atoms with E-state index in [1.807, 2.05) is 0 Å². The zero-order chi connectivity index (χ0) is 18.5. The number of nitrogens with one attached hydrogen (secondary N) is 1. The molecule has 0 aliphatic heterocycles. The highest BCUT2D eigenvalue weighted by Gasteiger charge is 2.11. The van der Waals surface area contributed by atoms with Crippen molar-refractivity contribution in [3.63, 3.8) is 0 Å². The average Bonchev–Trinajstić information content (AvgIpc) is 2.63. The molecule has 0 unspecified atom stereocenters. The van der Waals surface area contributed by atoms with Crippen molar-refractivity contribution >= 4 is 52.4 Å². The molecule has 0 amide bonds. The van der Waals surface area contributed by atoms with Gasteiger partial charge in [0.2, 0.25) is 0 Å². The largest absolute Gasteiger partial charge is 0.478 e. The Bertz CT molecular complexity index is 973. The number of rotatable bonds is 5. The van der Waals surface area contributed by atoms with E-state index in [9.17, 15) is 9.90 Å². The number of aromatic nitrogens is 1. The number of hydrogen-bond acceptors (Lipinski definition) is 4. The number of aromatic carboxylic acids is 1. The number of carboxylic acids is 1. The lowest BCUT2D eigenvalue weighted by Gasteiger charge is -2.12. The molecule has 130 valence electrons. The number of nitrogens with zero attached hydrogens (tertiary/aromatic N) is 2. The Hall–Kier alpha value is -2.89. The molecule has 3 aromatic rings. The van der Waals surface area contributed by atoms with Gasteiger partial charge in [0.25, 0.3) is 0 Å². The number of carbonyl (C=O) groups is 1. The van der Waals surface area contributed by atoms with Crippen molar-refractivity contribution in [1.82, 2.24) is 4.98 Å². The summed E-state index contributed by atoms with van der Waals surface area (Å²) in [7, 11) is 0. The van der Waals surface area contributed by atoms with Crippen LogP contribution in [-0.4, -0.2) is 22.3 Å². The molecule has 3 rings (SSSR count). The summed E-state index contributed by atoms with van der Waals surface area (Å²) < 4.78 is 0. The number of carboxylic acid groups (broad SMARTS) is 1. The molecule has 0 bridgehead atoms. The number of halogens is 2. The molecule has 2 N–H and O–H groups in total. The first-order valence-corrected chi connectivity index (χ1v) is 8.33. The Kier molecular flexibility index (Phi) is 5.51. The van der Waals surface area contributed by atoms with Crippen LogP contribution in [0, 0.1) is 0 Å². The van der Waals surface area contributed by atoms with E-state index in [4.69, 9.17) is 23.2 Å². The minimum absolute atomic E-state index is 0.166. The molecule has 0 saturated heterocycles. The van der Waals surface area contributed by atoms with Crippen LogP contribution in [0.5, 0.6) is 0 Å². The van der Waals surface area contributed by atoms with Crippen LogP contribution in [0.4, 0.5) is 17.1 Å². The second kappa shape index (κ2) is 7.99. The third kappa shape index (κ3) is 4.39. The number of pyridine rings is 1. The molecule has 0 fully saturated rings. The highest BCUT2D eigenvalue weighted by Crippen LogP contribution is 2.32. The van der Waals surface area contributed by atoms with Gasteiger partial charge in [-0.25, -0.2) is 9.78 Å². The van der Waals surface area contributed by atoms with Crippen molar-refractivity contribution in [2.75, 3.05) is 5.32 Å². The van der Waals surface area contributed by atoms with Gasteiger partial charge >= 0.3 is 5.97 Å². The summed E-state index contributed by atoms with van der Waals surface area (Å²) in [5.41, 5.74) is 2.59. The first-order valence-electron chi connectivity index (χ1n) is 7.57. The van der Waals surface area contributed by atoms with E-state index in [0.29, 0.717) is 27.2 Å². The van der Waals surface area contributed by atoms with Gasteiger partial charge in [-0.2, -0.15) is 0 Å². The predicted octanol–water partition coefficient (Wildman–Crippen LogP) is 5.58. The molecule has 5 nitrogen and oxygen atoms in total. The first kappa shape index (κ1) is 17.9. The predicted molar refractivity (Wildman–Crippen MR) is 105 cm³/mol. The SMILES string of the molecule is O=C(O)c1ccccc1Nc1ccc(Cl)cc1/N=C/c1ccc(Cl)nc1. The molecule has 0 saturated carbocycles. The summed E-state index contributed by atoms with van der Waals surface area (Å²) in [4.78, 5) is 19.8. The monoisotopic (exact) mass is 385 g/mol. The number of aliphatic imine (C=N–C) groups is 1. The average molecular weight is 386 g/mol. The Morgan fingerprint density at radius 2 is 1.88 bits per heavy atom. The van der Waals surface area contributed by atoms with E-state index < -0.39 is 5.97 Å². The number of anilines is 2. The van der Waals surface area contributed by atoms with E-state index in [0.717, 1.165) is 5.56 Å². The Balaban J connectivity index is 1.94. The van der Waals surface area contributed by atoms with Gasteiger partial charge in [-0.15, -0.1) is 0 Å². The van der Waals surface area contributed by atoms with E-state index in [-0.39, 0.29) is 5.56 Å². The highest BCUT2D eigenvalue weighted by atomic mass is 35.5. The summed E-state index contributed by atoms with van der Waals surface area (Å²) in [6, 6.07) is 15.2. The lowest BCUT2D eigenvalue weighted by Crippen LogP contribution is -2.02. The van der Waals surface area contributed by atoms with E-state index >= 15 is 0 Å². The van der Waals surface area contributed by atoms with Gasteiger partial charge in [0.15, 0.2) is 0 Å². The van der Waals surface area contributed by atoms with Crippen molar-refractivity contribution in [3.8, 4) is 0 Å². The summed E-state index contributed by atoms with van der Waals surface area (Å²) in [5, 5.41) is 13.3. The van der Waals surface area contributed by atoms with Gasteiger partial charge in [0.05, 0.1) is 22.6 Å². The molecule has 7 heteroatoms. The molecule has 1 aromatic heterocycles. The summed E-state index contributed by atoms with van der Waals surface area (Å²) in [5.74, 6) is -1.01. The standard InChI is InChI=1S/C19H13Cl2N3O2/c20-13-6-7-16(24-15-4-2-1-3-14(15)19(25)26)17(9-13)22-10-12-5-8-18(21)23-11-12/h1-11,24H,(H,25,26)/b22-10+. The molecule has 26 heavy (non-hydrogen) atoms. The maximum absolute atomic E-state index is 11.4. The minimum atomic E-state index is -1.01.